The minimum atomic E-state index is -0.0275. The Balaban J connectivity index is 2.09. The number of benzene rings is 1. The van der Waals surface area contributed by atoms with E-state index < -0.39 is 0 Å². The summed E-state index contributed by atoms with van der Waals surface area (Å²) in [4.78, 5) is 12.2. The van der Waals surface area contributed by atoms with Crippen LogP contribution >= 0.6 is 0 Å². The first-order valence-corrected chi connectivity index (χ1v) is 6.45. The van der Waals surface area contributed by atoms with Gasteiger partial charge in [-0.25, -0.2) is 0 Å². The Bertz CT molecular complexity index is 445. The van der Waals surface area contributed by atoms with Gasteiger partial charge in [0.05, 0.1) is 0 Å². The van der Waals surface area contributed by atoms with E-state index in [4.69, 9.17) is 5.73 Å². The van der Waals surface area contributed by atoms with Crippen LogP contribution in [0.3, 0.4) is 0 Å². The molecule has 1 aromatic rings. The Morgan fingerprint density at radius 1 is 1.50 bits per heavy atom. The molecule has 0 radical (unpaired) electrons. The molecule has 2 atom stereocenters. The van der Waals surface area contributed by atoms with Crippen molar-refractivity contribution in [2.45, 2.75) is 26.3 Å². The number of hydrogen-bond donors (Lipinski definition) is 3. The SMILES string of the molecule is Cc1ccc(N)cc1C(=O)NC1CNCCC1C. The highest BCUT2D eigenvalue weighted by Gasteiger charge is 2.23. The van der Waals surface area contributed by atoms with Gasteiger partial charge in [-0.1, -0.05) is 13.0 Å². The fourth-order valence-corrected chi connectivity index (χ4v) is 2.31. The number of piperidine rings is 1. The van der Waals surface area contributed by atoms with Crippen LogP contribution in [0.5, 0.6) is 0 Å². The lowest BCUT2D eigenvalue weighted by Gasteiger charge is -2.30. The molecule has 1 fully saturated rings. The molecule has 1 aromatic carbocycles. The topological polar surface area (TPSA) is 67.2 Å². The normalized spacial score (nSPS) is 23.7. The molecule has 1 amide bonds. The third kappa shape index (κ3) is 2.82. The fourth-order valence-electron chi connectivity index (χ4n) is 2.31. The molecule has 2 unspecified atom stereocenters. The Labute approximate surface area is 108 Å². The molecular weight excluding hydrogens is 226 g/mol. The maximum atomic E-state index is 12.2. The van der Waals surface area contributed by atoms with E-state index in [9.17, 15) is 4.79 Å². The Hall–Kier alpha value is -1.55. The lowest BCUT2D eigenvalue weighted by Crippen LogP contribution is -2.50. The molecule has 1 aliphatic rings. The number of nitrogens with two attached hydrogens (primary N) is 1. The van der Waals surface area contributed by atoms with Crippen molar-refractivity contribution in [3.05, 3.63) is 29.3 Å². The smallest absolute Gasteiger partial charge is 0.251 e. The summed E-state index contributed by atoms with van der Waals surface area (Å²) in [6.45, 7) is 5.98. The molecule has 0 aliphatic carbocycles. The van der Waals surface area contributed by atoms with Gasteiger partial charge in [0, 0.05) is 23.8 Å². The van der Waals surface area contributed by atoms with Crippen LogP contribution in [-0.2, 0) is 0 Å². The van der Waals surface area contributed by atoms with Crippen LogP contribution < -0.4 is 16.4 Å². The van der Waals surface area contributed by atoms with E-state index in [2.05, 4.69) is 17.6 Å². The number of nitrogen functional groups attached to an aromatic ring is 1. The van der Waals surface area contributed by atoms with Gasteiger partial charge in [0.15, 0.2) is 0 Å². The summed E-state index contributed by atoms with van der Waals surface area (Å²) >= 11 is 0. The highest BCUT2D eigenvalue weighted by Crippen LogP contribution is 2.15. The van der Waals surface area contributed by atoms with Crippen LogP contribution in [-0.4, -0.2) is 25.0 Å². The summed E-state index contributed by atoms with van der Waals surface area (Å²) in [5.74, 6) is 0.483. The maximum Gasteiger partial charge on any atom is 0.251 e. The van der Waals surface area contributed by atoms with E-state index in [1.54, 1.807) is 6.07 Å². The minimum absolute atomic E-state index is 0.0275. The number of anilines is 1. The third-order valence-corrected chi connectivity index (χ3v) is 3.65. The highest BCUT2D eigenvalue weighted by molar-refractivity contribution is 5.96. The monoisotopic (exact) mass is 247 g/mol. The molecule has 2 rings (SSSR count). The van der Waals surface area contributed by atoms with Gasteiger partial charge < -0.3 is 16.4 Å². The van der Waals surface area contributed by atoms with Crippen LogP contribution in [0.1, 0.15) is 29.3 Å². The van der Waals surface area contributed by atoms with E-state index >= 15 is 0 Å². The van der Waals surface area contributed by atoms with Crippen molar-refractivity contribution in [2.24, 2.45) is 5.92 Å². The van der Waals surface area contributed by atoms with E-state index in [0.29, 0.717) is 17.2 Å². The predicted molar refractivity (Wildman–Crippen MR) is 73.5 cm³/mol. The number of carbonyl (C=O) groups is 1. The standard InChI is InChI=1S/C14H21N3O/c1-9-3-4-11(15)7-12(9)14(18)17-13-8-16-6-5-10(13)2/h3-4,7,10,13,16H,5-6,8,15H2,1-2H3,(H,17,18). The largest absolute Gasteiger partial charge is 0.399 e. The van der Waals surface area contributed by atoms with E-state index in [1.807, 2.05) is 19.1 Å². The number of rotatable bonds is 2. The van der Waals surface area contributed by atoms with Gasteiger partial charge in [-0.3, -0.25) is 4.79 Å². The molecule has 4 heteroatoms. The molecule has 0 aromatic heterocycles. The zero-order valence-corrected chi connectivity index (χ0v) is 11.0. The van der Waals surface area contributed by atoms with Crippen LogP contribution in [0.4, 0.5) is 5.69 Å². The molecule has 4 nitrogen and oxygen atoms in total. The van der Waals surface area contributed by atoms with Crippen molar-refractivity contribution >= 4 is 11.6 Å². The quantitative estimate of drug-likeness (QED) is 0.690. The van der Waals surface area contributed by atoms with E-state index in [0.717, 1.165) is 25.1 Å². The Morgan fingerprint density at radius 3 is 3.00 bits per heavy atom. The fraction of sp³-hybridized carbons (Fsp3) is 0.500. The number of amides is 1. The summed E-state index contributed by atoms with van der Waals surface area (Å²) < 4.78 is 0. The second-order valence-electron chi connectivity index (χ2n) is 5.12. The molecular formula is C14H21N3O. The molecule has 1 heterocycles. The number of nitrogens with one attached hydrogen (secondary N) is 2. The molecule has 0 spiro atoms. The van der Waals surface area contributed by atoms with Crippen molar-refractivity contribution in [1.82, 2.24) is 10.6 Å². The van der Waals surface area contributed by atoms with Gasteiger partial charge in [-0.05, 0) is 43.5 Å². The molecule has 0 saturated carbocycles. The summed E-state index contributed by atoms with van der Waals surface area (Å²) in [5.41, 5.74) is 7.99. The lowest BCUT2D eigenvalue weighted by atomic mass is 9.94. The molecule has 1 saturated heterocycles. The van der Waals surface area contributed by atoms with Crippen molar-refractivity contribution < 1.29 is 4.79 Å². The first kappa shape index (κ1) is 12.9. The van der Waals surface area contributed by atoms with Gasteiger partial charge in [0.1, 0.15) is 0 Å². The Morgan fingerprint density at radius 2 is 2.28 bits per heavy atom. The van der Waals surface area contributed by atoms with Crippen molar-refractivity contribution in [3.8, 4) is 0 Å². The molecule has 1 aliphatic heterocycles. The van der Waals surface area contributed by atoms with Crippen LogP contribution in [0, 0.1) is 12.8 Å². The first-order chi connectivity index (χ1) is 8.58. The summed E-state index contributed by atoms with van der Waals surface area (Å²) in [6, 6.07) is 5.64. The second-order valence-corrected chi connectivity index (χ2v) is 5.12. The summed E-state index contributed by atoms with van der Waals surface area (Å²) in [5, 5.41) is 6.40. The maximum absolute atomic E-state index is 12.2. The zero-order chi connectivity index (χ0) is 13.1. The lowest BCUT2D eigenvalue weighted by molar-refractivity contribution is 0.0914. The van der Waals surface area contributed by atoms with Gasteiger partial charge in [-0.2, -0.15) is 0 Å². The van der Waals surface area contributed by atoms with Gasteiger partial charge in [0.25, 0.3) is 5.91 Å². The van der Waals surface area contributed by atoms with Crippen LogP contribution in [0.15, 0.2) is 18.2 Å². The zero-order valence-electron chi connectivity index (χ0n) is 11.0. The molecule has 4 N–H and O–H groups in total. The Kier molecular flexibility index (Phi) is 3.87. The predicted octanol–water partition coefficient (Wildman–Crippen LogP) is 1.31. The van der Waals surface area contributed by atoms with E-state index in [-0.39, 0.29) is 11.9 Å². The van der Waals surface area contributed by atoms with Crippen molar-refractivity contribution in [2.75, 3.05) is 18.8 Å². The van der Waals surface area contributed by atoms with E-state index in [1.165, 1.54) is 0 Å². The average Bonchev–Trinajstić information content (AvgIpc) is 2.35. The van der Waals surface area contributed by atoms with Crippen LogP contribution in [0.25, 0.3) is 0 Å². The van der Waals surface area contributed by atoms with Crippen LogP contribution in [0.2, 0.25) is 0 Å². The number of aryl methyl sites for hydroxylation is 1. The van der Waals surface area contributed by atoms with Crippen molar-refractivity contribution in [3.63, 3.8) is 0 Å². The van der Waals surface area contributed by atoms with Gasteiger partial charge >= 0.3 is 0 Å². The first-order valence-electron chi connectivity index (χ1n) is 6.45. The third-order valence-electron chi connectivity index (χ3n) is 3.65. The minimum Gasteiger partial charge on any atom is -0.399 e. The average molecular weight is 247 g/mol. The molecule has 0 bridgehead atoms. The number of hydrogen-bond acceptors (Lipinski definition) is 3. The second kappa shape index (κ2) is 5.40. The molecule has 98 valence electrons. The summed E-state index contributed by atoms with van der Waals surface area (Å²) in [7, 11) is 0. The van der Waals surface area contributed by atoms with Gasteiger partial charge in [-0.15, -0.1) is 0 Å². The number of carbonyl (C=O) groups excluding carboxylic acids is 1. The highest BCUT2D eigenvalue weighted by atomic mass is 16.1. The van der Waals surface area contributed by atoms with Gasteiger partial charge in [0.2, 0.25) is 0 Å². The van der Waals surface area contributed by atoms with Crippen molar-refractivity contribution in [1.29, 1.82) is 0 Å². The summed E-state index contributed by atoms with van der Waals surface area (Å²) in [6.07, 6.45) is 1.10. The molecule has 18 heavy (non-hydrogen) atoms.